The van der Waals surface area contributed by atoms with Gasteiger partial charge in [0.2, 0.25) is 5.91 Å². The molecule has 1 aliphatic heterocycles. The van der Waals surface area contributed by atoms with Crippen molar-refractivity contribution in [3.8, 4) is 0 Å². The van der Waals surface area contributed by atoms with Crippen LogP contribution in [-0.4, -0.2) is 110 Å². The molecule has 0 aromatic rings. The number of carbonyl (C=O) groups excluding carboxylic acids is 1. The number of amides is 1. The summed E-state index contributed by atoms with van der Waals surface area (Å²) in [6, 6.07) is -1.19. The fourth-order valence-electron chi connectivity index (χ4n) is 13.3. The Morgan fingerprint density at radius 2 is 0.659 bits per heavy atom. The van der Waals surface area contributed by atoms with Crippen molar-refractivity contribution in [1.82, 2.24) is 5.32 Å². The number of hydrogen-bond acceptors (Lipinski definition) is 10. The highest BCUT2D eigenvalue weighted by atomic mass is 16.7. The molecule has 0 spiro atoms. The van der Waals surface area contributed by atoms with E-state index in [1.165, 1.54) is 327 Å². The summed E-state index contributed by atoms with van der Waals surface area (Å²) in [4.78, 5) is 13.3. The Kier molecular flexibility index (Phi) is 66.0. The number of unbranched alkanes of at least 4 members (excludes halogenated alkanes) is 56. The van der Waals surface area contributed by atoms with Gasteiger partial charge in [-0.15, -0.1) is 0 Å². The van der Waals surface area contributed by atoms with E-state index >= 15 is 0 Å². The Balaban J connectivity index is 2.15. The summed E-state index contributed by atoms with van der Waals surface area (Å²) >= 11 is 0. The molecule has 91 heavy (non-hydrogen) atoms. The van der Waals surface area contributed by atoms with E-state index in [2.05, 4.69) is 43.5 Å². The lowest BCUT2D eigenvalue weighted by Crippen LogP contribution is -2.60. The number of hydrogen-bond donors (Lipinski definition) is 8. The predicted octanol–water partition coefficient (Wildman–Crippen LogP) is 20.7. The summed E-state index contributed by atoms with van der Waals surface area (Å²) in [6.07, 6.45) is 77.4. The zero-order valence-electron chi connectivity index (χ0n) is 60.1. The van der Waals surface area contributed by atoms with Gasteiger partial charge in [0, 0.05) is 0 Å². The molecule has 0 bridgehead atoms. The van der Waals surface area contributed by atoms with Crippen LogP contribution in [0.25, 0.3) is 0 Å². The van der Waals surface area contributed by atoms with Gasteiger partial charge in [0.1, 0.15) is 36.6 Å². The number of allylic oxidation sites excluding steroid dienone is 4. The minimum atomic E-state index is -1.67. The molecule has 0 aromatic heterocycles. The average molecular weight is 1290 g/mol. The first-order valence-electron chi connectivity index (χ1n) is 40.2. The van der Waals surface area contributed by atoms with Crippen LogP contribution in [0.15, 0.2) is 24.3 Å². The molecule has 11 nitrogen and oxygen atoms in total. The van der Waals surface area contributed by atoms with E-state index in [1.807, 2.05) is 0 Å². The molecule has 1 saturated heterocycles. The molecule has 540 valence electrons. The van der Waals surface area contributed by atoms with Crippen molar-refractivity contribution in [2.45, 2.75) is 467 Å². The number of aliphatic hydroxyl groups excluding tert-OH is 7. The van der Waals surface area contributed by atoms with E-state index in [1.54, 1.807) is 0 Å². The van der Waals surface area contributed by atoms with Crippen molar-refractivity contribution in [2.24, 2.45) is 0 Å². The summed E-state index contributed by atoms with van der Waals surface area (Å²) in [6.45, 7) is 3.51. The Hall–Kier alpha value is -1.41. The van der Waals surface area contributed by atoms with Gasteiger partial charge >= 0.3 is 0 Å². The monoisotopic (exact) mass is 1290 g/mol. The Bertz CT molecular complexity index is 1530. The van der Waals surface area contributed by atoms with Crippen LogP contribution in [0.1, 0.15) is 412 Å². The first-order valence-corrected chi connectivity index (χ1v) is 40.2. The maximum Gasteiger partial charge on any atom is 0.249 e. The van der Waals surface area contributed by atoms with E-state index in [-0.39, 0.29) is 12.8 Å². The van der Waals surface area contributed by atoms with Crippen LogP contribution in [0, 0.1) is 0 Å². The zero-order valence-corrected chi connectivity index (χ0v) is 60.1. The second-order valence-corrected chi connectivity index (χ2v) is 28.5. The number of carbonyl (C=O) groups is 1. The topological polar surface area (TPSA) is 189 Å². The molecule has 9 atom stereocenters. The van der Waals surface area contributed by atoms with Crippen LogP contribution in [0.3, 0.4) is 0 Å². The molecule has 8 N–H and O–H groups in total. The first kappa shape index (κ1) is 87.6. The standard InChI is InChI=1S/C80H155NO10/c1-3-5-7-9-11-13-15-17-19-21-23-25-27-29-31-33-35-37-39-41-43-45-47-49-51-53-55-57-59-61-63-65-67-72(83)75(85)71(70-90-80-78(88)77(87)76(86)74(69-82)91-80)81-79(89)73(84)68-66-64-62-60-58-56-54-52-50-48-46-44-42-40-38-36-34-32-30-28-26-24-22-20-18-16-14-12-10-8-6-4-2/h51,53,59,61,71-78,80,82-88H,3-50,52,54-58,60,62-70H2,1-2H3,(H,81,89)/b53-51+,61-59+. The van der Waals surface area contributed by atoms with Gasteiger partial charge in [-0.05, 0) is 51.4 Å². The van der Waals surface area contributed by atoms with Crippen molar-refractivity contribution < 1.29 is 50.0 Å². The van der Waals surface area contributed by atoms with Gasteiger partial charge in [-0.3, -0.25) is 4.79 Å². The molecule has 1 heterocycles. The summed E-state index contributed by atoms with van der Waals surface area (Å²) in [7, 11) is 0. The van der Waals surface area contributed by atoms with Gasteiger partial charge in [0.25, 0.3) is 0 Å². The first-order chi connectivity index (χ1) is 44.7. The minimum absolute atomic E-state index is 0.250. The third kappa shape index (κ3) is 55.3. The van der Waals surface area contributed by atoms with Gasteiger partial charge in [-0.2, -0.15) is 0 Å². The Labute approximate surface area is 563 Å². The zero-order chi connectivity index (χ0) is 66.0. The number of nitrogens with one attached hydrogen (secondary N) is 1. The second kappa shape index (κ2) is 68.5. The van der Waals surface area contributed by atoms with E-state index < -0.39 is 74.2 Å². The lowest BCUT2D eigenvalue weighted by atomic mass is 9.98. The van der Waals surface area contributed by atoms with E-state index in [4.69, 9.17) is 9.47 Å². The lowest BCUT2D eigenvalue weighted by molar-refractivity contribution is -0.303. The molecule has 1 amide bonds. The fraction of sp³-hybridized carbons (Fsp3) is 0.938. The minimum Gasteiger partial charge on any atom is -0.394 e. The smallest absolute Gasteiger partial charge is 0.249 e. The Morgan fingerprint density at radius 1 is 0.374 bits per heavy atom. The quantitative estimate of drug-likeness (QED) is 0.0215. The molecule has 0 radical (unpaired) electrons. The van der Waals surface area contributed by atoms with Gasteiger partial charge in [0.05, 0.1) is 25.4 Å². The fourth-order valence-corrected chi connectivity index (χ4v) is 13.3. The van der Waals surface area contributed by atoms with Crippen LogP contribution >= 0.6 is 0 Å². The van der Waals surface area contributed by atoms with Crippen LogP contribution in [-0.2, 0) is 14.3 Å². The van der Waals surface area contributed by atoms with E-state index in [0.29, 0.717) is 19.3 Å². The third-order valence-electron chi connectivity index (χ3n) is 19.7. The number of aliphatic hydroxyl groups is 7. The Morgan fingerprint density at radius 3 is 0.978 bits per heavy atom. The summed E-state index contributed by atoms with van der Waals surface area (Å²) in [5.74, 6) is -0.701. The molecule has 1 fully saturated rings. The van der Waals surface area contributed by atoms with Crippen molar-refractivity contribution in [3.63, 3.8) is 0 Å². The highest BCUT2D eigenvalue weighted by Crippen LogP contribution is 2.24. The largest absolute Gasteiger partial charge is 0.394 e. The lowest BCUT2D eigenvalue weighted by Gasteiger charge is -2.40. The predicted molar refractivity (Wildman–Crippen MR) is 386 cm³/mol. The van der Waals surface area contributed by atoms with Crippen molar-refractivity contribution in [1.29, 1.82) is 0 Å². The van der Waals surface area contributed by atoms with Gasteiger partial charge in [0.15, 0.2) is 6.29 Å². The van der Waals surface area contributed by atoms with E-state index in [0.717, 1.165) is 38.5 Å². The molecule has 0 aromatic carbocycles. The normalized spacial score (nSPS) is 18.5. The third-order valence-corrected chi connectivity index (χ3v) is 19.7. The van der Waals surface area contributed by atoms with Crippen LogP contribution in [0.5, 0.6) is 0 Å². The second-order valence-electron chi connectivity index (χ2n) is 28.5. The molecule has 9 unspecified atom stereocenters. The molecule has 1 aliphatic rings. The van der Waals surface area contributed by atoms with Gasteiger partial charge < -0.3 is 50.5 Å². The van der Waals surface area contributed by atoms with Crippen molar-refractivity contribution in [3.05, 3.63) is 24.3 Å². The van der Waals surface area contributed by atoms with Crippen molar-refractivity contribution >= 4 is 5.91 Å². The SMILES string of the molecule is CCCCCCCCCCCCCCCCCCCCCCCCC/C=C/CC/C=C/CCCC(O)C(O)C(COC1OC(CO)C(O)C(O)C1O)NC(=O)C(O)CCCCCCCCCCCCCCCCCCCCCCCCCCCCCCCCCC. The van der Waals surface area contributed by atoms with E-state index in [9.17, 15) is 40.5 Å². The van der Waals surface area contributed by atoms with Crippen molar-refractivity contribution in [2.75, 3.05) is 13.2 Å². The van der Waals surface area contributed by atoms with Gasteiger partial charge in [-0.1, -0.05) is 385 Å². The summed E-state index contributed by atoms with van der Waals surface area (Å²) < 4.78 is 11.2. The number of ether oxygens (including phenoxy) is 2. The molecular weight excluding hydrogens is 1130 g/mol. The maximum absolute atomic E-state index is 13.3. The maximum atomic E-state index is 13.3. The summed E-state index contributed by atoms with van der Waals surface area (Å²) in [5.41, 5.74) is 0. The number of rotatable bonds is 72. The molecule has 1 rings (SSSR count). The average Bonchev–Trinajstić information content (AvgIpc) is 1.28. The molecular formula is C80H155NO10. The highest BCUT2D eigenvalue weighted by Gasteiger charge is 2.44. The van der Waals surface area contributed by atoms with Crippen LogP contribution < -0.4 is 5.32 Å². The molecule has 0 aliphatic carbocycles. The van der Waals surface area contributed by atoms with Crippen LogP contribution in [0.4, 0.5) is 0 Å². The molecule has 11 heteroatoms. The summed E-state index contributed by atoms with van der Waals surface area (Å²) in [5, 5.41) is 76.7. The van der Waals surface area contributed by atoms with Gasteiger partial charge in [-0.25, -0.2) is 0 Å². The highest BCUT2D eigenvalue weighted by molar-refractivity contribution is 5.80. The molecule has 0 saturated carbocycles. The van der Waals surface area contributed by atoms with Crippen LogP contribution in [0.2, 0.25) is 0 Å².